The molecule has 6 heavy (non-hydrogen) atoms. The molecule has 5 heteroatoms. The Morgan fingerprint density at radius 1 is 1.50 bits per heavy atom. The van der Waals surface area contributed by atoms with E-state index >= 15 is 0 Å². The first-order valence-electron chi connectivity index (χ1n) is 0.805. The van der Waals surface area contributed by atoms with Crippen LogP contribution in [0.4, 0.5) is 0 Å². The van der Waals surface area contributed by atoms with E-state index in [1.807, 2.05) is 0 Å². The molecule has 0 saturated carbocycles. The van der Waals surface area contributed by atoms with Crippen molar-refractivity contribution >= 4 is 29.0 Å². The third kappa shape index (κ3) is 215. The van der Waals surface area contributed by atoms with Crippen LogP contribution in [0.1, 0.15) is 0 Å². The molecule has 0 heterocycles. The van der Waals surface area contributed by atoms with Crippen molar-refractivity contribution in [3.05, 3.63) is 6.26 Å². The van der Waals surface area contributed by atoms with Crippen molar-refractivity contribution in [3.63, 3.8) is 0 Å². The molecule has 0 rings (SSSR count). The summed E-state index contributed by atoms with van der Waals surface area (Å²) in [7, 11) is -3.92. The van der Waals surface area contributed by atoms with Gasteiger partial charge in [0.15, 0.2) is 0 Å². The molecule has 0 aromatic rings. The van der Waals surface area contributed by atoms with E-state index in [0.717, 1.165) is 0 Å². The molecule has 0 amide bonds. The van der Waals surface area contributed by atoms with Crippen molar-refractivity contribution in [2.24, 2.45) is 0 Å². The second-order valence-electron chi connectivity index (χ2n) is 0.582. The predicted octanol–water partition coefficient (Wildman–Crippen LogP) is -0.983. The second-order valence-corrected chi connectivity index (χ2v) is 1.75. The summed E-state index contributed by atoms with van der Waals surface area (Å²) in [5, 5.41) is 0. The predicted molar refractivity (Wildman–Crippen MR) is 24.1 cm³/mol. The SMILES string of the molecule is [CH2]S(=O)(=O)O.[LiH]. The Kier molecular flexibility index (Phi) is 4.28. The van der Waals surface area contributed by atoms with Crippen LogP contribution in [0.5, 0.6) is 0 Å². The Labute approximate surface area is 48.7 Å². The van der Waals surface area contributed by atoms with Crippen molar-refractivity contribution in [1.82, 2.24) is 0 Å². The van der Waals surface area contributed by atoms with Gasteiger partial charge in [0.2, 0.25) is 0 Å². The van der Waals surface area contributed by atoms with Gasteiger partial charge in [0.05, 0.1) is 6.26 Å². The average molecular weight is 103 g/mol. The van der Waals surface area contributed by atoms with Gasteiger partial charge >= 0.3 is 18.9 Å². The van der Waals surface area contributed by atoms with Crippen LogP contribution < -0.4 is 0 Å². The molecule has 3 nitrogen and oxygen atoms in total. The standard InChI is InChI=1S/CH3O3S.Li.H/c1-5(2,3)4;;/h1H2,(H,2,3,4);;. The van der Waals surface area contributed by atoms with Crippen molar-refractivity contribution in [3.8, 4) is 0 Å². The van der Waals surface area contributed by atoms with Gasteiger partial charge in [-0.3, -0.25) is 4.55 Å². The van der Waals surface area contributed by atoms with Crippen LogP contribution in [0.2, 0.25) is 0 Å². The van der Waals surface area contributed by atoms with Gasteiger partial charge < -0.3 is 0 Å². The van der Waals surface area contributed by atoms with Gasteiger partial charge in [-0.05, 0) is 0 Å². The monoisotopic (exact) mass is 103 g/mol. The van der Waals surface area contributed by atoms with Crippen LogP contribution in [0.25, 0.3) is 0 Å². The molecule has 0 aromatic carbocycles. The summed E-state index contributed by atoms with van der Waals surface area (Å²) in [5.74, 6) is 0. The fourth-order valence-corrected chi connectivity index (χ4v) is 0. The molecule has 0 aliphatic rings. The maximum absolute atomic E-state index is 9.08. The summed E-state index contributed by atoms with van der Waals surface area (Å²) >= 11 is 0. The Bertz CT molecular complexity index is 94.0. The van der Waals surface area contributed by atoms with E-state index in [1.165, 1.54) is 0 Å². The molecule has 0 bridgehead atoms. The van der Waals surface area contributed by atoms with E-state index in [2.05, 4.69) is 6.26 Å². The molecule has 0 aliphatic carbocycles. The maximum atomic E-state index is 9.08. The fourth-order valence-electron chi connectivity index (χ4n) is 0. The van der Waals surface area contributed by atoms with Crippen LogP contribution >= 0.6 is 0 Å². The summed E-state index contributed by atoms with van der Waals surface area (Å²) < 4.78 is 25.5. The molecule has 1 radical (unpaired) electrons. The van der Waals surface area contributed by atoms with Crippen molar-refractivity contribution < 1.29 is 13.0 Å². The summed E-state index contributed by atoms with van der Waals surface area (Å²) in [6.45, 7) is 0. The molecular formula is CH4LiO3S. The quantitative estimate of drug-likeness (QED) is 0.316. The van der Waals surface area contributed by atoms with Crippen molar-refractivity contribution in [1.29, 1.82) is 0 Å². The molecule has 0 unspecified atom stereocenters. The topological polar surface area (TPSA) is 54.4 Å². The van der Waals surface area contributed by atoms with Crippen LogP contribution in [0.3, 0.4) is 0 Å². The zero-order valence-corrected chi connectivity index (χ0v) is 3.20. The van der Waals surface area contributed by atoms with E-state index in [1.54, 1.807) is 0 Å². The van der Waals surface area contributed by atoms with Crippen LogP contribution in [-0.4, -0.2) is 31.8 Å². The normalized spacial score (nSPS) is 9.67. The zero-order valence-electron chi connectivity index (χ0n) is 2.38. The summed E-state index contributed by atoms with van der Waals surface area (Å²) in [6, 6.07) is 0. The Morgan fingerprint density at radius 2 is 1.50 bits per heavy atom. The van der Waals surface area contributed by atoms with Crippen LogP contribution in [-0.2, 0) is 10.1 Å². The molecular weight excluding hydrogens is 99.0 g/mol. The van der Waals surface area contributed by atoms with E-state index < -0.39 is 10.1 Å². The summed E-state index contributed by atoms with van der Waals surface area (Å²) in [5.41, 5.74) is 0. The third-order valence-electron chi connectivity index (χ3n) is 0. The summed E-state index contributed by atoms with van der Waals surface area (Å²) in [4.78, 5) is 0. The van der Waals surface area contributed by atoms with E-state index in [-0.39, 0.29) is 18.9 Å². The third-order valence-corrected chi connectivity index (χ3v) is 0. The van der Waals surface area contributed by atoms with Gasteiger partial charge in [-0.15, -0.1) is 0 Å². The molecule has 0 aromatic heterocycles. The average Bonchev–Trinajstić information content (AvgIpc) is 0.722. The molecule has 0 saturated heterocycles. The second kappa shape index (κ2) is 2.64. The van der Waals surface area contributed by atoms with Gasteiger partial charge in [0, 0.05) is 0 Å². The molecule has 33 valence electrons. The minimum absolute atomic E-state index is 0. The van der Waals surface area contributed by atoms with Gasteiger partial charge in [0.1, 0.15) is 0 Å². The van der Waals surface area contributed by atoms with E-state index in [0.29, 0.717) is 0 Å². The van der Waals surface area contributed by atoms with Gasteiger partial charge in [0.25, 0.3) is 10.1 Å². The van der Waals surface area contributed by atoms with Crippen molar-refractivity contribution in [2.75, 3.05) is 0 Å². The first-order chi connectivity index (χ1) is 2.00. The Hall–Kier alpha value is 0.507. The van der Waals surface area contributed by atoms with Gasteiger partial charge in [-0.25, -0.2) is 0 Å². The molecule has 1 N–H and O–H groups in total. The molecule has 0 atom stereocenters. The molecule has 0 fully saturated rings. The first-order valence-corrected chi connectivity index (χ1v) is 2.41. The summed E-state index contributed by atoms with van der Waals surface area (Å²) in [6.07, 6.45) is 2.30. The Balaban J connectivity index is 0. The number of hydrogen-bond acceptors (Lipinski definition) is 2. The first kappa shape index (κ1) is 9.72. The molecule has 0 aliphatic heterocycles. The van der Waals surface area contributed by atoms with Crippen LogP contribution in [0, 0.1) is 6.26 Å². The fraction of sp³-hybridized carbons (Fsp3) is 0. The van der Waals surface area contributed by atoms with Gasteiger partial charge in [-0.2, -0.15) is 8.42 Å². The zero-order chi connectivity index (χ0) is 4.50. The number of rotatable bonds is 0. The van der Waals surface area contributed by atoms with E-state index in [4.69, 9.17) is 13.0 Å². The molecule has 0 spiro atoms. The van der Waals surface area contributed by atoms with Crippen LogP contribution in [0.15, 0.2) is 0 Å². The van der Waals surface area contributed by atoms with E-state index in [9.17, 15) is 0 Å². The Morgan fingerprint density at radius 3 is 1.50 bits per heavy atom. The number of hydrogen-bond donors (Lipinski definition) is 1. The minimum atomic E-state index is -3.92. The van der Waals surface area contributed by atoms with Crippen molar-refractivity contribution in [2.45, 2.75) is 0 Å². The van der Waals surface area contributed by atoms with Gasteiger partial charge in [-0.1, -0.05) is 0 Å².